The maximum absolute atomic E-state index is 11.3. The SMILES string of the molecule is CCCC(C(=O)O)c1ccccc1OC(C)C. The number of carboxylic acids is 1. The molecule has 1 unspecified atom stereocenters. The molecule has 0 aromatic heterocycles. The molecular weight excluding hydrogens is 216 g/mol. The average molecular weight is 236 g/mol. The Morgan fingerprint density at radius 2 is 2.00 bits per heavy atom. The van der Waals surface area contributed by atoms with Gasteiger partial charge in [-0.05, 0) is 26.3 Å². The van der Waals surface area contributed by atoms with Crippen LogP contribution in [0.3, 0.4) is 0 Å². The molecule has 0 aliphatic heterocycles. The lowest BCUT2D eigenvalue weighted by molar-refractivity contribution is -0.139. The fraction of sp³-hybridized carbons (Fsp3) is 0.500. The summed E-state index contributed by atoms with van der Waals surface area (Å²) >= 11 is 0. The first-order valence-corrected chi connectivity index (χ1v) is 6.04. The number of rotatable bonds is 6. The molecule has 3 heteroatoms. The van der Waals surface area contributed by atoms with Gasteiger partial charge < -0.3 is 9.84 Å². The molecule has 0 spiro atoms. The fourth-order valence-corrected chi connectivity index (χ4v) is 1.83. The molecule has 0 aliphatic carbocycles. The Bertz CT molecular complexity index is 371. The van der Waals surface area contributed by atoms with E-state index in [-0.39, 0.29) is 6.10 Å². The molecule has 1 rings (SSSR count). The number of carbonyl (C=O) groups is 1. The van der Waals surface area contributed by atoms with Crippen molar-refractivity contribution < 1.29 is 14.6 Å². The summed E-state index contributed by atoms with van der Waals surface area (Å²) in [4.78, 5) is 11.3. The summed E-state index contributed by atoms with van der Waals surface area (Å²) < 4.78 is 5.66. The third kappa shape index (κ3) is 3.77. The van der Waals surface area contributed by atoms with E-state index in [9.17, 15) is 9.90 Å². The lowest BCUT2D eigenvalue weighted by atomic mass is 9.94. The Morgan fingerprint density at radius 3 is 2.53 bits per heavy atom. The van der Waals surface area contributed by atoms with Crippen LogP contribution >= 0.6 is 0 Å². The highest BCUT2D eigenvalue weighted by atomic mass is 16.5. The highest BCUT2D eigenvalue weighted by Crippen LogP contribution is 2.30. The van der Waals surface area contributed by atoms with E-state index in [4.69, 9.17) is 4.74 Å². The van der Waals surface area contributed by atoms with Crippen LogP contribution < -0.4 is 4.74 Å². The van der Waals surface area contributed by atoms with Crippen molar-refractivity contribution >= 4 is 5.97 Å². The quantitative estimate of drug-likeness (QED) is 0.823. The first kappa shape index (κ1) is 13.6. The van der Waals surface area contributed by atoms with Crippen LogP contribution in [0.4, 0.5) is 0 Å². The summed E-state index contributed by atoms with van der Waals surface area (Å²) in [6, 6.07) is 7.40. The van der Waals surface area contributed by atoms with Gasteiger partial charge in [0.05, 0.1) is 12.0 Å². The minimum atomic E-state index is -0.786. The summed E-state index contributed by atoms with van der Waals surface area (Å²) in [5.41, 5.74) is 0.774. The number of aliphatic carboxylic acids is 1. The van der Waals surface area contributed by atoms with E-state index in [0.29, 0.717) is 12.2 Å². The second-order valence-electron chi connectivity index (χ2n) is 4.38. The van der Waals surface area contributed by atoms with Crippen LogP contribution in [0.1, 0.15) is 45.1 Å². The van der Waals surface area contributed by atoms with Gasteiger partial charge in [0.25, 0.3) is 0 Å². The number of ether oxygens (including phenoxy) is 1. The zero-order chi connectivity index (χ0) is 12.8. The molecule has 0 fully saturated rings. The van der Waals surface area contributed by atoms with E-state index in [0.717, 1.165) is 12.0 Å². The molecule has 1 N–H and O–H groups in total. The van der Waals surface area contributed by atoms with E-state index >= 15 is 0 Å². The van der Waals surface area contributed by atoms with Crippen molar-refractivity contribution in [3.8, 4) is 5.75 Å². The molecule has 0 saturated heterocycles. The summed E-state index contributed by atoms with van der Waals surface area (Å²) in [7, 11) is 0. The number of benzene rings is 1. The Morgan fingerprint density at radius 1 is 1.35 bits per heavy atom. The van der Waals surface area contributed by atoms with Gasteiger partial charge in [-0.25, -0.2) is 0 Å². The van der Waals surface area contributed by atoms with Crippen LogP contribution in [0.5, 0.6) is 5.75 Å². The van der Waals surface area contributed by atoms with Gasteiger partial charge in [0.15, 0.2) is 0 Å². The minimum Gasteiger partial charge on any atom is -0.491 e. The van der Waals surface area contributed by atoms with E-state index in [1.165, 1.54) is 0 Å². The first-order chi connectivity index (χ1) is 8.06. The molecule has 1 atom stereocenters. The summed E-state index contributed by atoms with van der Waals surface area (Å²) in [6.45, 7) is 5.86. The molecule has 1 aromatic carbocycles. The van der Waals surface area contributed by atoms with Crippen LogP contribution in [0.15, 0.2) is 24.3 Å². The normalized spacial score (nSPS) is 12.5. The van der Waals surface area contributed by atoms with Crippen molar-refractivity contribution in [2.24, 2.45) is 0 Å². The number of carboxylic acid groups (broad SMARTS) is 1. The van der Waals surface area contributed by atoms with Crippen molar-refractivity contribution in [1.29, 1.82) is 0 Å². The maximum atomic E-state index is 11.3. The topological polar surface area (TPSA) is 46.5 Å². The smallest absolute Gasteiger partial charge is 0.311 e. The lowest BCUT2D eigenvalue weighted by Crippen LogP contribution is -2.15. The molecule has 3 nitrogen and oxygen atoms in total. The summed E-state index contributed by atoms with van der Waals surface area (Å²) in [5.74, 6) is -0.579. The molecular formula is C14H20O3. The van der Waals surface area contributed by atoms with Gasteiger partial charge >= 0.3 is 5.97 Å². The largest absolute Gasteiger partial charge is 0.491 e. The van der Waals surface area contributed by atoms with Gasteiger partial charge in [-0.15, -0.1) is 0 Å². The van der Waals surface area contributed by atoms with Crippen molar-refractivity contribution in [3.05, 3.63) is 29.8 Å². The molecule has 17 heavy (non-hydrogen) atoms. The van der Waals surface area contributed by atoms with E-state index in [2.05, 4.69) is 0 Å². The second-order valence-corrected chi connectivity index (χ2v) is 4.38. The number of para-hydroxylation sites is 1. The third-order valence-electron chi connectivity index (χ3n) is 2.53. The van der Waals surface area contributed by atoms with E-state index in [1.54, 1.807) is 0 Å². The van der Waals surface area contributed by atoms with Crippen LogP contribution in [-0.2, 0) is 4.79 Å². The van der Waals surface area contributed by atoms with Gasteiger partial charge in [-0.1, -0.05) is 31.5 Å². The molecule has 1 aromatic rings. The van der Waals surface area contributed by atoms with Gasteiger partial charge in [0.2, 0.25) is 0 Å². The second kappa shape index (κ2) is 6.28. The summed E-state index contributed by atoms with van der Waals surface area (Å²) in [5, 5.41) is 9.26. The first-order valence-electron chi connectivity index (χ1n) is 6.04. The van der Waals surface area contributed by atoms with Crippen molar-refractivity contribution in [2.75, 3.05) is 0 Å². The zero-order valence-corrected chi connectivity index (χ0v) is 10.6. The summed E-state index contributed by atoms with van der Waals surface area (Å²) in [6.07, 6.45) is 1.52. The van der Waals surface area contributed by atoms with Crippen molar-refractivity contribution in [2.45, 2.75) is 45.6 Å². The van der Waals surface area contributed by atoms with Gasteiger partial charge in [0.1, 0.15) is 5.75 Å². The van der Waals surface area contributed by atoms with Gasteiger partial charge in [-0.3, -0.25) is 4.79 Å². The number of hydrogen-bond acceptors (Lipinski definition) is 2. The van der Waals surface area contributed by atoms with Crippen LogP contribution in [0.25, 0.3) is 0 Å². The highest BCUT2D eigenvalue weighted by Gasteiger charge is 2.22. The van der Waals surface area contributed by atoms with Gasteiger partial charge in [-0.2, -0.15) is 0 Å². The predicted molar refractivity (Wildman–Crippen MR) is 67.5 cm³/mol. The molecule has 0 aliphatic rings. The number of hydrogen-bond donors (Lipinski definition) is 1. The van der Waals surface area contributed by atoms with Crippen molar-refractivity contribution in [3.63, 3.8) is 0 Å². The standard InChI is InChI=1S/C14H20O3/c1-4-7-12(14(15)16)11-8-5-6-9-13(11)17-10(2)3/h5-6,8-10,12H,4,7H2,1-3H3,(H,15,16). The fourth-order valence-electron chi connectivity index (χ4n) is 1.83. The maximum Gasteiger partial charge on any atom is 0.311 e. The van der Waals surface area contributed by atoms with E-state index in [1.807, 2.05) is 45.0 Å². The zero-order valence-electron chi connectivity index (χ0n) is 10.6. The average Bonchev–Trinajstić information content (AvgIpc) is 2.26. The van der Waals surface area contributed by atoms with E-state index < -0.39 is 11.9 Å². The Hall–Kier alpha value is -1.51. The Kier molecular flexibility index (Phi) is 5.01. The van der Waals surface area contributed by atoms with Crippen molar-refractivity contribution in [1.82, 2.24) is 0 Å². The Balaban J connectivity index is 3.04. The minimum absolute atomic E-state index is 0.0484. The Labute approximate surface area is 102 Å². The monoisotopic (exact) mass is 236 g/mol. The lowest BCUT2D eigenvalue weighted by Gasteiger charge is -2.18. The highest BCUT2D eigenvalue weighted by molar-refractivity contribution is 5.77. The van der Waals surface area contributed by atoms with Crippen LogP contribution in [0.2, 0.25) is 0 Å². The molecule has 0 bridgehead atoms. The van der Waals surface area contributed by atoms with Crippen LogP contribution in [0, 0.1) is 0 Å². The molecule has 0 amide bonds. The third-order valence-corrected chi connectivity index (χ3v) is 2.53. The molecule has 0 radical (unpaired) electrons. The van der Waals surface area contributed by atoms with Gasteiger partial charge in [0, 0.05) is 5.56 Å². The molecule has 0 saturated carbocycles. The molecule has 94 valence electrons. The predicted octanol–water partition coefficient (Wildman–Crippen LogP) is 3.44. The van der Waals surface area contributed by atoms with Crippen LogP contribution in [-0.4, -0.2) is 17.2 Å². The molecule has 0 heterocycles.